The average molecular weight is 283 g/mol. The van der Waals surface area contributed by atoms with E-state index in [2.05, 4.69) is 54.3 Å². The summed E-state index contributed by atoms with van der Waals surface area (Å²) in [5, 5.41) is 12.2. The molecular formula is C17H21NOSi. The maximum absolute atomic E-state index is 11.0. The molecule has 0 saturated carbocycles. The van der Waals surface area contributed by atoms with Crippen molar-refractivity contribution in [2.45, 2.75) is 44.5 Å². The van der Waals surface area contributed by atoms with Crippen LogP contribution in [0.2, 0.25) is 19.6 Å². The molecule has 104 valence electrons. The van der Waals surface area contributed by atoms with Crippen LogP contribution in [-0.2, 0) is 12.0 Å². The number of aryl methyl sites for hydroxylation is 1. The highest BCUT2D eigenvalue weighted by Gasteiger charge is 2.35. The molecule has 0 bridgehead atoms. The van der Waals surface area contributed by atoms with Gasteiger partial charge >= 0.3 is 0 Å². The Labute approximate surface area is 121 Å². The minimum absolute atomic E-state index is 0.726. The molecule has 2 aromatic rings. The zero-order valence-corrected chi connectivity index (χ0v) is 13.4. The van der Waals surface area contributed by atoms with E-state index in [1.54, 1.807) is 0 Å². The first kappa shape index (κ1) is 13.5. The van der Waals surface area contributed by atoms with E-state index in [-0.39, 0.29) is 0 Å². The highest BCUT2D eigenvalue weighted by molar-refractivity contribution is 6.83. The summed E-state index contributed by atoms with van der Waals surface area (Å²) < 4.78 is 0. The summed E-state index contributed by atoms with van der Waals surface area (Å²) in [5.74, 6) is 3.19. The van der Waals surface area contributed by atoms with Gasteiger partial charge in [-0.2, -0.15) is 0 Å². The SMILES string of the molecule is C[Si](C)(C)C#C[C@@]1(O)CCCc2c1[nH]c1ccccc21. The molecular weight excluding hydrogens is 262 g/mol. The lowest BCUT2D eigenvalue weighted by molar-refractivity contribution is 0.0768. The number of aromatic amines is 1. The maximum atomic E-state index is 11.0. The molecule has 0 aliphatic heterocycles. The molecule has 3 heteroatoms. The molecule has 0 fully saturated rings. The summed E-state index contributed by atoms with van der Waals surface area (Å²) in [6.45, 7) is 6.62. The highest BCUT2D eigenvalue weighted by atomic mass is 28.3. The lowest BCUT2D eigenvalue weighted by Gasteiger charge is -2.28. The average Bonchev–Trinajstić information content (AvgIpc) is 2.77. The summed E-state index contributed by atoms with van der Waals surface area (Å²) >= 11 is 0. The van der Waals surface area contributed by atoms with Crippen molar-refractivity contribution in [3.05, 3.63) is 35.5 Å². The number of fused-ring (bicyclic) bond motifs is 3. The smallest absolute Gasteiger partial charge is 0.165 e. The Hall–Kier alpha value is -1.50. The Morgan fingerprint density at radius 1 is 1.25 bits per heavy atom. The lowest BCUT2D eigenvalue weighted by atomic mass is 9.83. The van der Waals surface area contributed by atoms with Crippen molar-refractivity contribution >= 4 is 19.0 Å². The monoisotopic (exact) mass is 283 g/mol. The van der Waals surface area contributed by atoms with Gasteiger partial charge in [-0.1, -0.05) is 43.8 Å². The molecule has 0 radical (unpaired) electrons. The predicted molar refractivity (Wildman–Crippen MR) is 86.3 cm³/mol. The largest absolute Gasteiger partial charge is 0.372 e. The van der Waals surface area contributed by atoms with Crippen LogP contribution in [0.25, 0.3) is 10.9 Å². The second kappa shape index (κ2) is 4.51. The fraction of sp³-hybridized carbons (Fsp3) is 0.412. The number of H-pyrrole nitrogens is 1. The van der Waals surface area contributed by atoms with Gasteiger partial charge in [0.15, 0.2) is 5.60 Å². The van der Waals surface area contributed by atoms with Crippen molar-refractivity contribution in [3.8, 4) is 11.5 Å². The Bertz CT molecular complexity index is 714. The first-order chi connectivity index (χ1) is 9.39. The number of aliphatic hydroxyl groups is 1. The molecule has 1 aliphatic carbocycles. The summed E-state index contributed by atoms with van der Waals surface area (Å²) in [6.07, 6.45) is 2.74. The third-order valence-electron chi connectivity index (χ3n) is 3.84. The fourth-order valence-corrected chi connectivity index (χ4v) is 3.46. The minimum atomic E-state index is -1.48. The summed E-state index contributed by atoms with van der Waals surface area (Å²) in [6, 6.07) is 8.28. The Morgan fingerprint density at radius 3 is 2.75 bits per heavy atom. The third-order valence-corrected chi connectivity index (χ3v) is 4.71. The van der Waals surface area contributed by atoms with Crippen LogP contribution in [-0.4, -0.2) is 18.2 Å². The van der Waals surface area contributed by atoms with E-state index >= 15 is 0 Å². The van der Waals surface area contributed by atoms with Crippen molar-refractivity contribution in [3.63, 3.8) is 0 Å². The van der Waals surface area contributed by atoms with E-state index < -0.39 is 13.7 Å². The standard InChI is InChI=1S/C17H21NOSi/c1-20(2,3)12-11-17(19)10-6-8-14-13-7-4-5-9-15(13)18-16(14)17/h4-5,7,9,18-19H,6,8,10H2,1-3H3/t17-/m0/s1. The topological polar surface area (TPSA) is 36.0 Å². The van der Waals surface area contributed by atoms with E-state index in [1.165, 1.54) is 10.9 Å². The first-order valence-corrected chi connectivity index (χ1v) is 10.8. The molecule has 20 heavy (non-hydrogen) atoms. The number of benzene rings is 1. The molecule has 1 atom stereocenters. The van der Waals surface area contributed by atoms with Crippen LogP contribution >= 0.6 is 0 Å². The fourth-order valence-electron chi connectivity index (χ4n) is 2.87. The zero-order chi connectivity index (χ0) is 14.4. The number of aromatic nitrogens is 1. The van der Waals surface area contributed by atoms with Crippen molar-refractivity contribution in [1.82, 2.24) is 4.98 Å². The van der Waals surface area contributed by atoms with Crippen LogP contribution in [0.5, 0.6) is 0 Å². The highest BCUT2D eigenvalue weighted by Crippen LogP contribution is 2.38. The van der Waals surface area contributed by atoms with E-state index in [1.807, 2.05) is 6.07 Å². The van der Waals surface area contributed by atoms with Gasteiger partial charge in [0.2, 0.25) is 0 Å². The van der Waals surface area contributed by atoms with E-state index in [0.29, 0.717) is 0 Å². The van der Waals surface area contributed by atoms with Gasteiger partial charge in [0.25, 0.3) is 0 Å². The van der Waals surface area contributed by atoms with Gasteiger partial charge < -0.3 is 10.1 Å². The molecule has 2 N–H and O–H groups in total. The van der Waals surface area contributed by atoms with Crippen LogP contribution in [0.4, 0.5) is 0 Å². The van der Waals surface area contributed by atoms with E-state index in [4.69, 9.17) is 0 Å². The molecule has 0 spiro atoms. The number of rotatable bonds is 0. The molecule has 1 aliphatic rings. The second-order valence-electron chi connectivity index (χ2n) is 6.74. The molecule has 0 unspecified atom stereocenters. The van der Waals surface area contributed by atoms with Gasteiger partial charge in [-0.15, -0.1) is 5.54 Å². The first-order valence-electron chi connectivity index (χ1n) is 7.26. The van der Waals surface area contributed by atoms with Gasteiger partial charge in [0, 0.05) is 10.9 Å². The Balaban J connectivity index is 2.16. The summed E-state index contributed by atoms with van der Waals surface area (Å²) in [5.41, 5.74) is 5.62. The molecule has 3 rings (SSSR count). The maximum Gasteiger partial charge on any atom is 0.165 e. The predicted octanol–water partition coefficient (Wildman–Crippen LogP) is 3.57. The van der Waals surface area contributed by atoms with Gasteiger partial charge in [-0.25, -0.2) is 0 Å². The van der Waals surface area contributed by atoms with Crippen LogP contribution < -0.4 is 0 Å². The lowest BCUT2D eigenvalue weighted by Crippen LogP contribution is -2.30. The van der Waals surface area contributed by atoms with E-state index in [9.17, 15) is 5.11 Å². The summed E-state index contributed by atoms with van der Waals surface area (Å²) in [4.78, 5) is 3.41. The van der Waals surface area contributed by atoms with Gasteiger partial charge in [-0.05, 0) is 30.9 Å². The van der Waals surface area contributed by atoms with Crippen LogP contribution in [0.15, 0.2) is 24.3 Å². The van der Waals surface area contributed by atoms with Gasteiger partial charge in [0.1, 0.15) is 8.07 Å². The van der Waals surface area contributed by atoms with Crippen molar-refractivity contribution in [2.24, 2.45) is 0 Å². The third kappa shape index (κ3) is 2.30. The molecule has 1 heterocycles. The second-order valence-corrected chi connectivity index (χ2v) is 11.5. The molecule has 0 saturated heterocycles. The van der Waals surface area contributed by atoms with Crippen molar-refractivity contribution < 1.29 is 5.11 Å². The van der Waals surface area contributed by atoms with E-state index in [0.717, 1.165) is 30.5 Å². The normalized spacial score (nSPS) is 22.2. The zero-order valence-electron chi connectivity index (χ0n) is 12.4. The van der Waals surface area contributed by atoms with Crippen molar-refractivity contribution in [1.29, 1.82) is 0 Å². The number of hydrogen-bond acceptors (Lipinski definition) is 1. The molecule has 0 amide bonds. The van der Waals surface area contributed by atoms with Gasteiger partial charge in [0.05, 0.1) is 5.69 Å². The summed E-state index contributed by atoms with van der Waals surface area (Å²) in [7, 11) is -1.48. The number of hydrogen-bond donors (Lipinski definition) is 2. The quantitative estimate of drug-likeness (QED) is 0.563. The Kier molecular flexibility index (Phi) is 3.04. The van der Waals surface area contributed by atoms with Gasteiger partial charge in [-0.3, -0.25) is 0 Å². The Morgan fingerprint density at radius 2 is 2.00 bits per heavy atom. The van der Waals surface area contributed by atoms with Crippen LogP contribution in [0.3, 0.4) is 0 Å². The number of nitrogens with one attached hydrogen (secondary N) is 1. The van der Waals surface area contributed by atoms with Crippen LogP contribution in [0, 0.1) is 11.5 Å². The minimum Gasteiger partial charge on any atom is -0.372 e. The molecule has 2 nitrogen and oxygen atoms in total. The van der Waals surface area contributed by atoms with Crippen LogP contribution in [0.1, 0.15) is 24.1 Å². The number of para-hydroxylation sites is 1. The molecule has 1 aromatic carbocycles. The molecule has 1 aromatic heterocycles. The van der Waals surface area contributed by atoms with Crippen molar-refractivity contribution in [2.75, 3.05) is 0 Å².